The second-order valence-electron chi connectivity index (χ2n) is 6.69. The van der Waals surface area contributed by atoms with Crippen molar-refractivity contribution in [2.75, 3.05) is 11.2 Å². The molecule has 1 aromatic heterocycles. The highest BCUT2D eigenvalue weighted by Gasteiger charge is 2.35. The largest absolute Gasteiger partial charge is 0.418 e. The molecule has 0 saturated carbocycles. The van der Waals surface area contributed by atoms with Gasteiger partial charge in [-0.1, -0.05) is 42.5 Å². The maximum atomic E-state index is 13.7. The number of hydrogen-bond acceptors (Lipinski definition) is 6. The topological polar surface area (TPSA) is 79.4 Å². The van der Waals surface area contributed by atoms with Crippen molar-refractivity contribution in [3.05, 3.63) is 76.3 Å². The molecule has 1 amide bonds. The molecule has 6 nitrogen and oxygen atoms in total. The number of aromatic nitrogens is 1. The van der Waals surface area contributed by atoms with E-state index in [0.717, 1.165) is 29.2 Å². The van der Waals surface area contributed by atoms with Crippen LogP contribution in [0.1, 0.15) is 26.5 Å². The van der Waals surface area contributed by atoms with Crippen LogP contribution in [0.5, 0.6) is 0 Å². The van der Waals surface area contributed by atoms with Crippen molar-refractivity contribution in [2.45, 2.75) is 19.6 Å². The second kappa shape index (κ2) is 8.67. The average molecular weight is 470 g/mol. The van der Waals surface area contributed by atoms with E-state index in [4.69, 9.17) is 0 Å². The van der Waals surface area contributed by atoms with Crippen molar-refractivity contribution in [1.82, 2.24) is 9.71 Å². The molecule has 0 atom stereocenters. The van der Waals surface area contributed by atoms with Crippen LogP contribution in [0.2, 0.25) is 0 Å². The summed E-state index contributed by atoms with van der Waals surface area (Å²) in [5.41, 5.74) is -0.397. The van der Waals surface area contributed by atoms with Crippen LogP contribution in [0, 0.1) is 6.92 Å². The highest BCUT2D eigenvalue weighted by Crippen LogP contribution is 2.41. The fourth-order valence-corrected chi connectivity index (χ4v) is 4.25. The Balaban J connectivity index is 2.11. The van der Waals surface area contributed by atoms with Crippen LogP contribution in [-0.2, 0) is 22.7 Å². The predicted molar refractivity (Wildman–Crippen MR) is 113 cm³/mol. The predicted octanol–water partition coefficient (Wildman–Crippen LogP) is 4.50. The van der Waals surface area contributed by atoms with Crippen molar-refractivity contribution < 1.29 is 26.4 Å². The zero-order chi connectivity index (χ0) is 22.8. The number of carbonyl (C=O) groups excluding carboxylic acids is 1. The number of nitrogens with zero attached hydrogens (tertiary/aromatic N) is 2. The molecule has 0 bridgehead atoms. The summed E-state index contributed by atoms with van der Waals surface area (Å²) in [7, 11) is -3.82. The molecule has 1 N–H and O–H groups in total. The maximum absolute atomic E-state index is 13.7. The highest BCUT2D eigenvalue weighted by molar-refractivity contribution is 7.89. The zero-order valence-electron chi connectivity index (χ0n) is 16.5. The first-order valence-electron chi connectivity index (χ1n) is 8.93. The number of anilines is 2. The van der Waals surface area contributed by atoms with Crippen LogP contribution in [-0.4, -0.2) is 25.6 Å². The molecular weight excluding hydrogens is 451 g/mol. The molecule has 2 aromatic carbocycles. The molecule has 0 spiro atoms. The molecule has 0 aliphatic carbocycles. The molecule has 0 saturated heterocycles. The molecule has 11 heteroatoms. The Bertz CT molecular complexity index is 1190. The third-order valence-electron chi connectivity index (χ3n) is 4.19. The standard InChI is InChI=1S/C20H18F3N3O3S2/c1-13-17(18(27)25-31(2,28)29)24-19(30-13)26(12-14-8-4-3-5-9-14)16-11-7-6-10-15(16)20(21,22)23/h3-11H,12H2,1-2H3,(H,25,27). The Kier molecular flexibility index (Phi) is 6.37. The number of carbonyl (C=O) groups is 1. The molecule has 164 valence electrons. The van der Waals surface area contributed by atoms with E-state index in [9.17, 15) is 26.4 Å². The van der Waals surface area contributed by atoms with E-state index in [1.807, 2.05) is 4.72 Å². The number of thiazole rings is 1. The van der Waals surface area contributed by atoms with Gasteiger partial charge in [0, 0.05) is 4.88 Å². The van der Waals surface area contributed by atoms with Crippen molar-refractivity contribution in [2.24, 2.45) is 0 Å². The van der Waals surface area contributed by atoms with E-state index in [2.05, 4.69) is 4.98 Å². The first-order chi connectivity index (χ1) is 14.5. The number of aryl methyl sites for hydroxylation is 1. The molecule has 1 heterocycles. The number of amides is 1. The Labute approximate surface area is 181 Å². The summed E-state index contributed by atoms with van der Waals surface area (Å²) >= 11 is 1.00. The number of rotatable bonds is 6. The van der Waals surface area contributed by atoms with Gasteiger partial charge in [-0.2, -0.15) is 13.2 Å². The van der Waals surface area contributed by atoms with Gasteiger partial charge in [-0.15, -0.1) is 11.3 Å². The van der Waals surface area contributed by atoms with E-state index in [0.29, 0.717) is 4.88 Å². The van der Waals surface area contributed by atoms with E-state index >= 15 is 0 Å². The summed E-state index contributed by atoms with van der Waals surface area (Å²) in [5.74, 6) is -0.939. The van der Waals surface area contributed by atoms with E-state index in [1.165, 1.54) is 23.1 Å². The van der Waals surface area contributed by atoms with Crippen molar-refractivity contribution in [1.29, 1.82) is 0 Å². The van der Waals surface area contributed by atoms with E-state index in [-0.39, 0.29) is 23.1 Å². The highest BCUT2D eigenvalue weighted by atomic mass is 32.2. The second-order valence-corrected chi connectivity index (χ2v) is 9.62. The summed E-state index contributed by atoms with van der Waals surface area (Å²) in [6, 6.07) is 13.9. The van der Waals surface area contributed by atoms with Gasteiger partial charge in [-0.25, -0.2) is 18.1 Å². The number of sulfonamides is 1. The lowest BCUT2D eigenvalue weighted by atomic mass is 10.1. The molecule has 0 fully saturated rings. The minimum Gasteiger partial charge on any atom is -0.313 e. The minimum absolute atomic E-state index is 0.0635. The van der Waals surface area contributed by atoms with Gasteiger partial charge in [0.25, 0.3) is 5.91 Å². The Morgan fingerprint density at radius 2 is 1.71 bits per heavy atom. The molecular formula is C20H18F3N3O3S2. The summed E-state index contributed by atoms with van der Waals surface area (Å²) in [5, 5.41) is 0.136. The number of alkyl halides is 3. The zero-order valence-corrected chi connectivity index (χ0v) is 18.1. The van der Waals surface area contributed by atoms with Crippen LogP contribution in [0.4, 0.5) is 24.0 Å². The van der Waals surface area contributed by atoms with Crippen molar-refractivity contribution >= 4 is 38.1 Å². The summed E-state index contributed by atoms with van der Waals surface area (Å²) < 4.78 is 65.7. The summed E-state index contributed by atoms with van der Waals surface area (Å²) in [6.45, 7) is 1.61. The summed E-state index contributed by atoms with van der Waals surface area (Å²) in [4.78, 5) is 18.2. The van der Waals surface area contributed by atoms with Crippen LogP contribution in [0.25, 0.3) is 0 Å². The first-order valence-corrected chi connectivity index (χ1v) is 11.6. The summed E-state index contributed by atoms with van der Waals surface area (Å²) in [6.07, 6.45) is -3.77. The lowest BCUT2D eigenvalue weighted by molar-refractivity contribution is -0.137. The minimum atomic E-state index is -4.60. The third-order valence-corrected chi connectivity index (χ3v) is 5.74. The molecule has 31 heavy (non-hydrogen) atoms. The van der Waals surface area contributed by atoms with Crippen LogP contribution in [0.3, 0.4) is 0 Å². The van der Waals surface area contributed by atoms with Gasteiger partial charge in [0.05, 0.1) is 24.1 Å². The average Bonchev–Trinajstić information content (AvgIpc) is 3.06. The maximum Gasteiger partial charge on any atom is 0.418 e. The Hall–Kier alpha value is -2.92. The first kappa shape index (κ1) is 22.8. The molecule has 0 radical (unpaired) electrons. The normalized spacial score (nSPS) is 11.9. The van der Waals surface area contributed by atoms with Crippen LogP contribution >= 0.6 is 11.3 Å². The fourth-order valence-electron chi connectivity index (χ4n) is 2.90. The third kappa shape index (κ3) is 5.61. The number of halogens is 3. The Morgan fingerprint density at radius 1 is 1.10 bits per heavy atom. The van der Waals surface area contributed by atoms with Crippen LogP contribution < -0.4 is 9.62 Å². The van der Waals surface area contributed by atoms with Gasteiger partial charge in [0.1, 0.15) is 5.69 Å². The Morgan fingerprint density at radius 3 is 2.32 bits per heavy atom. The number of nitrogens with one attached hydrogen (secondary N) is 1. The molecule has 0 unspecified atom stereocenters. The van der Waals surface area contributed by atoms with Crippen molar-refractivity contribution in [3.8, 4) is 0 Å². The quantitative estimate of drug-likeness (QED) is 0.575. The number of hydrogen-bond donors (Lipinski definition) is 1. The number of para-hydroxylation sites is 1. The molecule has 3 rings (SSSR count). The lowest BCUT2D eigenvalue weighted by Crippen LogP contribution is -2.30. The SMILES string of the molecule is Cc1sc(N(Cc2ccccc2)c2ccccc2C(F)(F)F)nc1C(=O)NS(C)(=O)=O. The van der Waals surface area contributed by atoms with E-state index in [1.54, 1.807) is 37.3 Å². The van der Waals surface area contributed by atoms with E-state index < -0.39 is 27.7 Å². The lowest BCUT2D eigenvalue weighted by Gasteiger charge is -2.25. The smallest absolute Gasteiger partial charge is 0.313 e. The molecule has 3 aromatic rings. The monoisotopic (exact) mass is 469 g/mol. The molecule has 0 aliphatic rings. The van der Waals surface area contributed by atoms with Gasteiger partial charge in [-0.05, 0) is 24.6 Å². The van der Waals surface area contributed by atoms with Gasteiger partial charge in [0.2, 0.25) is 10.0 Å². The van der Waals surface area contributed by atoms with Crippen LogP contribution in [0.15, 0.2) is 54.6 Å². The van der Waals surface area contributed by atoms with Gasteiger partial charge in [0.15, 0.2) is 5.13 Å². The fraction of sp³-hybridized carbons (Fsp3) is 0.200. The van der Waals surface area contributed by atoms with Gasteiger partial charge in [-0.3, -0.25) is 4.79 Å². The van der Waals surface area contributed by atoms with Crippen molar-refractivity contribution in [3.63, 3.8) is 0 Å². The van der Waals surface area contributed by atoms with Gasteiger partial charge < -0.3 is 4.90 Å². The number of benzene rings is 2. The molecule has 0 aliphatic heterocycles. The van der Waals surface area contributed by atoms with Gasteiger partial charge >= 0.3 is 6.18 Å².